The standard InChI is InChI=1S/C28H28F3N5O2/c1-16-26(17(2)38-34-16)18-6-8-22-21(14-18)33-27(36(22)19-10-12-28(30,31)13-11-19)23-4-3-5-25(37)35(23)20-7-9-24(29)32-15-20/h6-9,14-15,19,23H,3-5,10-13H2,1-2H3/t23-/m0/s1. The zero-order valence-corrected chi connectivity index (χ0v) is 21.3. The minimum Gasteiger partial charge on any atom is -0.361 e. The smallest absolute Gasteiger partial charge is 0.248 e. The maximum absolute atomic E-state index is 14.1. The van der Waals surface area contributed by atoms with Gasteiger partial charge in [-0.15, -0.1) is 0 Å². The van der Waals surface area contributed by atoms with Crippen LogP contribution in [0.4, 0.5) is 18.9 Å². The fourth-order valence-electron chi connectivity index (χ4n) is 6.02. The van der Waals surface area contributed by atoms with Crippen LogP contribution >= 0.6 is 0 Å². The van der Waals surface area contributed by atoms with Crippen LogP contribution in [0.1, 0.15) is 74.3 Å². The molecule has 1 saturated carbocycles. The number of hydrogen-bond donors (Lipinski definition) is 0. The van der Waals surface area contributed by atoms with E-state index in [1.165, 1.54) is 12.3 Å². The molecule has 0 radical (unpaired) electrons. The van der Waals surface area contributed by atoms with E-state index in [1.807, 2.05) is 32.0 Å². The van der Waals surface area contributed by atoms with Crippen molar-refractivity contribution < 1.29 is 22.5 Å². The molecule has 7 nitrogen and oxygen atoms in total. The molecule has 1 aliphatic heterocycles. The van der Waals surface area contributed by atoms with E-state index < -0.39 is 17.9 Å². The average Bonchev–Trinajstić information content (AvgIpc) is 3.43. The van der Waals surface area contributed by atoms with Crippen LogP contribution in [0, 0.1) is 19.8 Å². The Morgan fingerprint density at radius 3 is 2.55 bits per heavy atom. The second kappa shape index (κ2) is 9.25. The maximum Gasteiger partial charge on any atom is 0.248 e. The molecule has 1 aromatic carbocycles. The molecule has 1 amide bonds. The number of halogens is 3. The number of fused-ring (bicyclic) bond motifs is 1. The van der Waals surface area contributed by atoms with Crippen LogP contribution in [-0.2, 0) is 4.79 Å². The van der Waals surface area contributed by atoms with Gasteiger partial charge in [-0.2, -0.15) is 4.39 Å². The summed E-state index contributed by atoms with van der Waals surface area (Å²) in [7, 11) is 0. The molecule has 6 rings (SSSR count). The van der Waals surface area contributed by atoms with Gasteiger partial charge >= 0.3 is 0 Å². The first-order valence-electron chi connectivity index (χ1n) is 13.0. The summed E-state index contributed by atoms with van der Waals surface area (Å²) in [5.41, 5.74) is 4.60. The van der Waals surface area contributed by atoms with Crippen LogP contribution in [0.5, 0.6) is 0 Å². The zero-order valence-electron chi connectivity index (χ0n) is 21.3. The van der Waals surface area contributed by atoms with Crippen molar-refractivity contribution in [3.63, 3.8) is 0 Å². The van der Waals surface area contributed by atoms with E-state index in [9.17, 15) is 18.0 Å². The molecule has 1 saturated heterocycles. The highest BCUT2D eigenvalue weighted by Gasteiger charge is 2.39. The van der Waals surface area contributed by atoms with E-state index in [-0.39, 0.29) is 24.8 Å². The average molecular weight is 524 g/mol. The van der Waals surface area contributed by atoms with Gasteiger partial charge in [0.1, 0.15) is 11.6 Å². The number of piperidine rings is 1. The Morgan fingerprint density at radius 1 is 1.08 bits per heavy atom. The minimum atomic E-state index is -2.67. The van der Waals surface area contributed by atoms with Crippen molar-refractivity contribution >= 4 is 22.6 Å². The van der Waals surface area contributed by atoms with Gasteiger partial charge in [0.05, 0.1) is 34.7 Å². The summed E-state index contributed by atoms with van der Waals surface area (Å²) in [6.07, 6.45) is 3.28. The zero-order chi connectivity index (χ0) is 26.6. The molecule has 0 N–H and O–H groups in total. The first-order chi connectivity index (χ1) is 18.2. The maximum atomic E-state index is 14.1. The van der Waals surface area contributed by atoms with Crippen molar-refractivity contribution in [1.29, 1.82) is 0 Å². The van der Waals surface area contributed by atoms with Gasteiger partial charge in [-0.1, -0.05) is 11.2 Å². The van der Waals surface area contributed by atoms with Gasteiger partial charge in [0.15, 0.2) is 0 Å². The molecule has 4 aromatic rings. The van der Waals surface area contributed by atoms with E-state index >= 15 is 0 Å². The van der Waals surface area contributed by atoms with Crippen molar-refractivity contribution in [2.45, 2.75) is 76.8 Å². The van der Waals surface area contributed by atoms with E-state index in [0.29, 0.717) is 54.9 Å². The van der Waals surface area contributed by atoms with Gasteiger partial charge in [-0.3, -0.25) is 4.79 Å². The predicted molar refractivity (Wildman–Crippen MR) is 135 cm³/mol. The molecule has 198 valence electrons. The lowest BCUT2D eigenvalue weighted by molar-refractivity contribution is -0.120. The number of amides is 1. The van der Waals surface area contributed by atoms with Gasteiger partial charge in [-0.25, -0.2) is 18.7 Å². The summed E-state index contributed by atoms with van der Waals surface area (Å²) in [6, 6.07) is 8.08. The second-order valence-electron chi connectivity index (χ2n) is 10.3. The minimum absolute atomic E-state index is 0.0974. The number of nitrogens with zero attached hydrogens (tertiary/aromatic N) is 5. The normalized spacial score (nSPS) is 20.4. The number of carbonyl (C=O) groups excluding carboxylic acids is 1. The summed E-state index contributed by atoms with van der Waals surface area (Å²) in [4.78, 5) is 23.6. The quantitative estimate of drug-likeness (QED) is 0.274. The van der Waals surface area contributed by atoms with Crippen molar-refractivity contribution in [1.82, 2.24) is 19.7 Å². The number of benzene rings is 1. The predicted octanol–water partition coefficient (Wildman–Crippen LogP) is 6.85. The molecule has 0 spiro atoms. The Kier molecular flexibility index (Phi) is 6.00. The Balaban J connectivity index is 1.51. The summed E-state index contributed by atoms with van der Waals surface area (Å²) >= 11 is 0. The number of carbonyl (C=O) groups is 1. The Bertz CT molecular complexity index is 1480. The summed E-state index contributed by atoms with van der Waals surface area (Å²) in [5, 5.41) is 4.07. The van der Waals surface area contributed by atoms with Crippen molar-refractivity contribution in [3.05, 3.63) is 59.8 Å². The van der Waals surface area contributed by atoms with Crippen LogP contribution in [0.3, 0.4) is 0 Å². The Morgan fingerprint density at radius 2 is 1.87 bits per heavy atom. The Labute approximate surface area is 217 Å². The number of pyridine rings is 1. The summed E-state index contributed by atoms with van der Waals surface area (Å²) in [6.45, 7) is 3.73. The second-order valence-corrected chi connectivity index (χ2v) is 10.3. The van der Waals surface area contributed by atoms with Crippen molar-refractivity contribution in [2.75, 3.05) is 4.90 Å². The molecule has 1 aliphatic carbocycles. The molecule has 2 fully saturated rings. The van der Waals surface area contributed by atoms with Crippen LogP contribution < -0.4 is 4.90 Å². The number of aryl methyl sites for hydroxylation is 2. The van der Waals surface area contributed by atoms with Gasteiger partial charge in [0.2, 0.25) is 17.8 Å². The van der Waals surface area contributed by atoms with E-state index in [1.54, 1.807) is 11.0 Å². The largest absolute Gasteiger partial charge is 0.361 e. The van der Waals surface area contributed by atoms with Crippen LogP contribution in [0.25, 0.3) is 22.2 Å². The summed E-state index contributed by atoms with van der Waals surface area (Å²) < 4.78 is 49.2. The molecular formula is C28H28F3N5O2. The van der Waals surface area contributed by atoms with E-state index in [0.717, 1.165) is 22.3 Å². The molecule has 3 aromatic heterocycles. The first kappa shape index (κ1) is 24.6. The van der Waals surface area contributed by atoms with Gasteiger partial charge in [0.25, 0.3) is 0 Å². The molecule has 2 aliphatic rings. The molecule has 10 heteroatoms. The molecule has 4 heterocycles. The van der Waals surface area contributed by atoms with Gasteiger partial charge in [0, 0.05) is 30.9 Å². The van der Waals surface area contributed by atoms with Crippen LogP contribution in [0.2, 0.25) is 0 Å². The fourth-order valence-corrected chi connectivity index (χ4v) is 6.02. The molecule has 38 heavy (non-hydrogen) atoms. The number of imidazole rings is 1. The molecule has 1 atom stereocenters. The number of alkyl halides is 2. The van der Waals surface area contributed by atoms with E-state index in [4.69, 9.17) is 9.51 Å². The number of anilines is 1. The van der Waals surface area contributed by atoms with Gasteiger partial charge < -0.3 is 14.0 Å². The van der Waals surface area contributed by atoms with Crippen molar-refractivity contribution in [2.24, 2.45) is 0 Å². The monoisotopic (exact) mass is 523 g/mol. The van der Waals surface area contributed by atoms with Crippen LogP contribution in [0.15, 0.2) is 41.1 Å². The number of rotatable bonds is 4. The number of aromatic nitrogens is 4. The topological polar surface area (TPSA) is 77.1 Å². The molecule has 0 bridgehead atoms. The third-order valence-corrected chi connectivity index (χ3v) is 7.83. The molecular weight excluding hydrogens is 495 g/mol. The third kappa shape index (κ3) is 4.25. The van der Waals surface area contributed by atoms with E-state index in [2.05, 4.69) is 14.7 Å². The molecule has 0 unspecified atom stereocenters. The SMILES string of the molecule is Cc1noc(C)c1-c1ccc2c(c1)nc([C@@H]1CCCC(=O)N1c1ccc(F)nc1)n2C1CCC(F)(F)CC1. The highest BCUT2D eigenvalue weighted by molar-refractivity contribution is 5.95. The Hall–Kier alpha value is -3.69. The third-order valence-electron chi connectivity index (χ3n) is 7.83. The van der Waals surface area contributed by atoms with Crippen molar-refractivity contribution in [3.8, 4) is 11.1 Å². The summed E-state index contributed by atoms with van der Waals surface area (Å²) in [5.74, 6) is -2.04. The first-order valence-corrected chi connectivity index (χ1v) is 13.0. The lowest BCUT2D eigenvalue weighted by Crippen LogP contribution is -2.40. The fraction of sp³-hybridized carbons (Fsp3) is 0.429. The van der Waals surface area contributed by atoms with Gasteiger partial charge in [-0.05, 0) is 69.4 Å². The lowest BCUT2D eigenvalue weighted by atomic mass is 9.91. The van der Waals surface area contributed by atoms with Crippen LogP contribution in [-0.4, -0.2) is 31.5 Å². The highest BCUT2D eigenvalue weighted by Crippen LogP contribution is 2.44. The highest BCUT2D eigenvalue weighted by atomic mass is 19.3. The lowest BCUT2D eigenvalue weighted by Gasteiger charge is -2.37. The number of hydrogen-bond acceptors (Lipinski definition) is 5.